The summed E-state index contributed by atoms with van der Waals surface area (Å²) < 4.78 is 32.9. The van der Waals surface area contributed by atoms with Crippen LogP contribution in [0.2, 0.25) is 0 Å². The lowest BCUT2D eigenvalue weighted by Crippen LogP contribution is -2.07. The Balaban J connectivity index is 1.95. The van der Waals surface area contributed by atoms with Gasteiger partial charge in [-0.3, -0.25) is 0 Å². The number of aryl methyl sites for hydroxylation is 2. The third kappa shape index (κ3) is 2.53. The second-order valence-electron chi connectivity index (χ2n) is 5.20. The summed E-state index contributed by atoms with van der Waals surface area (Å²) in [5.41, 5.74) is 3.16. The van der Waals surface area contributed by atoms with Crippen LogP contribution in [-0.2, 0) is 4.74 Å². The van der Waals surface area contributed by atoms with Crippen molar-refractivity contribution in [2.75, 3.05) is 6.61 Å². The van der Waals surface area contributed by atoms with Gasteiger partial charge in [-0.25, -0.2) is 13.8 Å². The average molecular weight is 287 g/mol. The molecule has 2 nitrogen and oxygen atoms in total. The first-order valence-corrected chi connectivity index (χ1v) is 6.78. The first-order chi connectivity index (χ1) is 10.1. The van der Waals surface area contributed by atoms with Crippen LogP contribution in [0, 0.1) is 25.5 Å². The number of aliphatic imine (C=N–C) groups is 1. The van der Waals surface area contributed by atoms with Gasteiger partial charge in [-0.05, 0) is 42.7 Å². The monoisotopic (exact) mass is 287 g/mol. The van der Waals surface area contributed by atoms with Crippen LogP contribution in [0.25, 0.3) is 0 Å². The molecule has 1 aliphatic heterocycles. The molecule has 0 saturated carbocycles. The molecule has 108 valence electrons. The Labute approximate surface area is 122 Å². The van der Waals surface area contributed by atoms with Gasteiger partial charge in [0.2, 0.25) is 5.90 Å². The molecule has 1 heterocycles. The molecule has 0 spiro atoms. The minimum Gasteiger partial charge on any atom is -0.475 e. The lowest BCUT2D eigenvalue weighted by molar-refractivity contribution is 0.317. The van der Waals surface area contributed by atoms with Crippen LogP contribution in [0.15, 0.2) is 41.4 Å². The first kappa shape index (κ1) is 13.7. The molecule has 0 fully saturated rings. The number of benzene rings is 2. The highest BCUT2D eigenvalue weighted by Crippen LogP contribution is 2.28. The number of ether oxygens (including phenoxy) is 1. The molecule has 2 aromatic rings. The van der Waals surface area contributed by atoms with Crippen LogP contribution < -0.4 is 0 Å². The van der Waals surface area contributed by atoms with Crippen molar-refractivity contribution in [3.8, 4) is 0 Å². The smallest absolute Gasteiger partial charge is 0.222 e. The van der Waals surface area contributed by atoms with Gasteiger partial charge in [0.25, 0.3) is 0 Å². The van der Waals surface area contributed by atoms with Crippen molar-refractivity contribution < 1.29 is 13.5 Å². The van der Waals surface area contributed by atoms with Gasteiger partial charge in [-0.2, -0.15) is 0 Å². The molecule has 0 saturated heterocycles. The Morgan fingerprint density at radius 2 is 1.76 bits per heavy atom. The van der Waals surface area contributed by atoms with Crippen LogP contribution in [0.3, 0.4) is 0 Å². The molecular formula is C17H15F2NO. The van der Waals surface area contributed by atoms with E-state index in [2.05, 4.69) is 4.99 Å². The molecule has 0 amide bonds. The SMILES string of the molecule is Cc1ccc(C2COC(c3c(F)cccc3F)=N2)cc1C. The number of hydrogen-bond donors (Lipinski definition) is 0. The van der Waals surface area contributed by atoms with Gasteiger partial charge in [0.15, 0.2) is 0 Å². The second kappa shape index (κ2) is 5.28. The molecule has 1 atom stereocenters. The highest BCUT2D eigenvalue weighted by Gasteiger charge is 2.26. The van der Waals surface area contributed by atoms with E-state index in [4.69, 9.17) is 4.74 Å². The molecule has 0 radical (unpaired) electrons. The van der Waals surface area contributed by atoms with Gasteiger partial charge in [-0.1, -0.05) is 24.3 Å². The molecule has 2 aromatic carbocycles. The minimum atomic E-state index is -0.658. The van der Waals surface area contributed by atoms with Gasteiger partial charge in [0.1, 0.15) is 29.8 Å². The Bertz CT molecular complexity index is 704. The minimum absolute atomic E-state index is 0.0360. The zero-order valence-corrected chi connectivity index (χ0v) is 11.9. The Kier molecular flexibility index (Phi) is 3.45. The summed E-state index contributed by atoms with van der Waals surface area (Å²) in [6.07, 6.45) is 0. The van der Waals surface area contributed by atoms with E-state index in [-0.39, 0.29) is 17.5 Å². The van der Waals surface area contributed by atoms with Gasteiger partial charge in [0.05, 0.1) is 0 Å². The molecule has 0 aliphatic carbocycles. The third-order valence-electron chi connectivity index (χ3n) is 3.74. The highest BCUT2D eigenvalue weighted by atomic mass is 19.1. The molecule has 0 N–H and O–H groups in total. The molecule has 4 heteroatoms. The maximum atomic E-state index is 13.7. The number of hydrogen-bond acceptors (Lipinski definition) is 2. The highest BCUT2D eigenvalue weighted by molar-refractivity contribution is 5.95. The van der Waals surface area contributed by atoms with Crippen molar-refractivity contribution in [1.29, 1.82) is 0 Å². The van der Waals surface area contributed by atoms with Crippen LogP contribution in [0.5, 0.6) is 0 Å². The fraction of sp³-hybridized carbons (Fsp3) is 0.235. The van der Waals surface area contributed by atoms with E-state index in [0.717, 1.165) is 11.1 Å². The summed E-state index contributed by atoms with van der Waals surface area (Å²) in [7, 11) is 0. The normalized spacial score (nSPS) is 17.5. The van der Waals surface area contributed by atoms with Crippen molar-refractivity contribution >= 4 is 5.90 Å². The second-order valence-corrected chi connectivity index (χ2v) is 5.20. The van der Waals surface area contributed by atoms with Crippen LogP contribution in [0.1, 0.15) is 28.3 Å². The summed E-state index contributed by atoms with van der Waals surface area (Å²) in [6.45, 7) is 4.36. The molecular weight excluding hydrogens is 272 g/mol. The van der Waals surface area contributed by atoms with Crippen LogP contribution in [-0.4, -0.2) is 12.5 Å². The van der Waals surface area contributed by atoms with Gasteiger partial charge < -0.3 is 4.74 Å². The Morgan fingerprint density at radius 1 is 1.05 bits per heavy atom. The number of halogens is 2. The molecule has 0 aromatic heterocycles. The number of rotatable bonds is 2. The summed E-state index contributed by atoms with van der Waals surface area (Å²) in [4.78, 5) is 4.34. The maximum absolute atomic E-state index is 13.7. The van der Waals surface area contributed by atoms with Crippen molar-refractivity contribution in [3.63, 3.8) is 0 Å². The predicted molar refractivity (Wildman–Crippen MR) is 77.5 cm³/mol. The predicted octanol–water partition coefficient (Wildman–Crippen LogP) is 4.10. The zero-order chi connectivity index (χ0) is 15.0. The maximum Gasteiger partial charge on any atom is 0.222 e. The van der Waals surface area contributed by atoms with Gasteiger partial charge in [0, 0.05) is 0 Å². The third-order valence-corrected chi connectivity index (χ3v) is 3.74. The van der Waals surface area contributed by atoms with E-state index in [0.29, 0.717) is 6.61 Å². The summed E-state index contributed by atoms with van der Waals surface area (Å²) in [5, 5.41) is 0. The summed E-state index contributed by atoms with van der Waals surface area (Å²) >= 11 is 0. The van der Waals surface area contributed by atoms with Crippen LogP contribution >= 0.6 is 0 Å². The average Bonchev–Trinajstić information content (AvgIpc) is 2.91. The fourth-order valence-electron chi connectivity index (χ4n) is 2.36. The Hall–Kier alpha value is -2.23. The van der Waals surface area contributed by atoms with E-state index in [1.54, 1.807) is 0 Å². The van der Waals surface area contributed by atoms with Crippen molar-refractivity contribution in [1.82, 2.24) is 0 Å². The van der Waals surface area contributed by atoms with Crippen molar-refractivity contribution in [2.45, 2.75) is 19.9 Å². The first-order valence-electron chi connectivity index (χ1n) is 6.78. The molecule has 3 rings (SSSR count). The molecule has 21 heavy (non-hydrogen) atoms. The standard InChI is InChI=1S/C17H15F2NO/c1-10-6-7-12(8-11(10)2)15-9-21-17(20-15)16-13(18)4-3-5-14(16)19/h3-8,15H,9H2,1-2H3. The van der Waals surface area contributed by atoms with E-state index >= 15 is 0 Å². The van der Waals surface area contributed by atoms with Crippen LogP contribution in [0.4, 0.5) is 8.78 Å². The van der Waals surface area contributed by atoms with Gasteiger partial charge in [-0.15, -0.1) is 0 Å². The van der Waals surface area contributed by atoms with E-state index in [9.17, 15) is 8.78 Å². The molecule has 1 unspecified atom stereocenters. The van der Waals surface area contributed by atoms with E-state index < -0.39 is 11.6 Å². The summed E-state index contributed by atoms with van der Waals surface area (Å²) in [6, 6.07) is 9.53. The van der Waals surface area contributed by atoms with Gasteiger partial charge >= 0.3 is 0 Å². The summed E-state index contributed by atoms with van der Waals surface area (Å²) in [5.74, 6) is -1.28. The molecule has 1 aliphatic rings. The van der Waals surface area contributed by atoms with E-state index in [1.807, 2.05) is 32.0 Å². The fourth-order valence-corrected chi connectivity index (χ4v) is 2.36. The zero-order valence-electron chi connectivity index (χ0n) is 11.9. The Morgan fingerprint density at radius 3 is 2.43 bits per heavy atom. The van der Waals surface area contributed by atoms with Crippen molar-refractivity contribution in [3.05, 3.63) is 70.3 Å². The molecule has 0 bridgehead atoms. The lowest BCUT2D eigenvalue weighted by atomic mass is 10.0. The quantitative estimate of drug-likeness (QED) is 0.815. The van der Waals surface area contributed by atoms with E-state index in [1.165, 1.54) is 23.8 Å². The van der Waals surface area contributed by atoms with Crippen molar-refractivity contribution in [2.24, 2.45) is 4.99 Å². The topological polar surface area (TPSA) is 21.6 Å². The lowest BCUT2D eigenvalue weighted by Gasteiger charge is -2.07. The number of nitrogens with zero attached hydrogens (tertiary/aromatic N) is 1. The largest absolute Gasteiger partial charge is 0.475 e.